The van der Waals surface area contributed by atoms with Gasteiger partial charge < -0.3 is 14.4 Å². The molecular formula is C18H25NO3S. The lowest BCUT2D eigenvalue weighted by atomic mass is 10.1. The molecule has 3 rings (SSSR count). The fraction of sp³-hybridized carbons (Fsp3) is 0.611. The van der Waals surface area contributed by atoms with Crippen molar-refractivity contribution in [3.63, 3.8) is 0 Å². The Kier molecular flexibility index (Phi) is 6.08. The van der Waals surface area contributed by atoms with Crippen molar-refractivity contribution >= 4 is 17.7 Å². The van der Waals surface area contributed by atoms with Crippen LogP contribution in [0.3, 0.4) is 0 Å². The van der Waals surface area contributed by atoms with Crippen molar-refractivity contribution in [2.45, 2.75) is 43.4 Å². The summed E-state index contributed by atoms with van der Waals surface area (Å²) in [6.45, 7) is 3.22. The largest absolute Gasteiger partial charge is 0.490 e. The number of carbonyl (C=O) groups is 1. The molecule has 23 heavy (non-hydrogen) atoms. The summed E-state index contributed by atoms with van der Waals surface area (Å²) >= 11 is 1.59. The van der Waals surface area contributed by atoms with Gasteiger partial charge >= 0.3 is 0 Å². The SMILES string of the molecule is O=C(CSc1ccc2c(c1)OCCCO2)N1CCCCCCC1. The fourth-order valence-corrected chi connectivity index (χ4v) is 3.79. The average Bonchev–Trinajstić information content (AvgIpc) is 2.77. The maximum Gasteiger partial charge on any atom is 0.232 e. The van der Waals surface area contributed by atoms with Crippen LogP contribution in [0.1, 0.15) is 38.5 Å². The lowest BCUT2D eigenvalue weighted by Gasteiger charge is -2.24. The highest BCUT2D eigenvalue weighted by molar-refractivity contribution is 8.00. The third-order valence-electron chi connectivity index (χ3n) is 4.29. The van der Waals surface area contributed by atoms with Gasteiger partial charge in [0.15, 0.2) is 11.5 Å². The minimum absolute atomic E-state index is 0.254. The lowest BCUT2D eigenvalue weighted by Crippen LogP contribution is -2.35. The molecule has 1 aromatic carbocycles. The molecule has 0 radical (unpaired) electrons. The van der Waals surface area contributed by atoms with E-state index in [0.29, 0.717) is 19.0 Å². The molecular weight excluding hydrogens is 310 g/mol. The smallest absolute Gasteiger partial charge is 0.232 e. The van der Waals surface area contributed by atoms with Crippen molar-refractivity contribution in [3.8, 4) is 11.5 Å². The van der Waals surface area contributed by atoms with Crippen LogP contribution in [0.25, 0.3) is 0 Å². The Labute approximate surface area is 142 Å². The number of carbonyl (C=O) groups excluding carboxylic acids is 1. The topological polar surface area (TPSA) is 38.8 Å². The Balaban J connectivity index is 1.54. The highest BCUT2D eigenvalue weighted by Gasteiger charge is 2.16. The van der Waals surface area contributed by atoms with Crippen molar-refractivity contribution in [1.82, 2.24) is 4.90 Å². The van der Waals surface area contributed by atoms with Gasteiger partial charge in [-0.05, 0) is 31.0 Å². The second kappa shape index (κ2) is 8.48. The van der Waals surface area contributed by atoms with Crippen molar-refractivity contribution in [2.75, 3.05) is 32.1 Å². The molecule has 0 atom stereocenters. The van der Waals surface area contributed by atoms with E-state index in [-0.39, 0.29) is 5.91 Å². The van der Waals surface area contributed by atoms with Gasteiger partial charge in [0, 0.05) is 24.4 Å². The van der Waals surface area contributed by atoms with E-state index in [0.717, 1.165) is 48.7 Å². The minimum atomic E-state index is 0.254. The molecule has 1 aromatic rings. The predicted molar refractivity (Wildman–Crippen MR) is 92.4 cm³/mol. The lowest BCUT2D eigenvalue weighted by molar-refractivity contribution is -0.128. The van der Waals surface area contributed by atoms with Crippen LogP contribution in [0.5, 0.6) is 11.5 Å². The summed E-state index contributed by atoms with van der Waals surface area (Å²) in [6.07, 6.45) is 7.00. The van der Waals surface area contributed by atoms with Gasteiger partial charge in [0.2, 0.25) is 5.91 Å². The Morgan fingerprint density at radius 2 is 1.65 bits per heavy atom. The number of hydrogen-bond acceptors (Lipinski definition) is 4. The molecule has 0 spiro atoms. The van der Waals surface area contributed by atoms with E-state index < -0.39 is 0 Å². The molecule has 5 heteroatoms. The Hall–Kier alpha value is -1.36. The molecule has 2 aliphatic heterocycles. The molecule has 126 valence electrons. The molecule has 0 aliphatic carbocycles. The van der Waals surface area contributed by atoms with Gasteiger partial charge in [0.05, 0.1) is 19.0 Å². The van der Waals surface area contributed by atoms with Gasteiger partial charge in [-0.15, -0.1) is 11.8 Å². The normalized spacial score (nSPS) is 18.7. The first-order valence-electron chi connectivity index (χ1n) is 8.63. The molecule has 1 amide bonds. The standard InChI is InChI=1S/C18H25NO3S/c20-18(19-9-4-2-1-3-5-10-19)14-23-15-7-8-16-17(13-15)22-12-6-11-21-16/h7-8,13H,1-6,9-12,14H2. The summed E-state index contributed by atoms with van der Waals surface area (Å²) in [4.78, 5) is 15.5. The summed E-state index contributed by atoms with van der Waals surface area (Å²) in [5.74, 6) is 2.36. The van der Waals surface area contributed by atoms with Gasteiger partial charge in [-0.2, -0.15) is 0 Å². The summed E-state index contributed by atoms with van der Waals surface area (Å²) in [5, 5.41) is 0. The zero-order chi connectivity index (χ0) is 15.9. The number of amides is 1. The first-order chi connectivity index (χ1) is 11.3. The molecule has 0 N–H and O–H groups in total. The average molecular weight is 335 g/mol. The van der Waals surface area contributed by atoms with Crippen molar-refractivity contribution in [1.29, 1.82) is 0 Å². The van der Waals surface area contributed by atoms with Crippen molar-refractivity contribution < 1.29 is 14.3 Å². The summed E-state index contributed by atoms with van der Waals surface area (Å²) in [6, 6.07) is 5.95. The number of nitrogens with zero attached hydrogens (tertiary/aromatic N) is 1. The third kappa shape index (κ3) is 4.80. The van der Waals surface area contributed by atoms with Crippen LogP contribution in [-0.4, -0.2) is 42.9 Å². The monoisotopic (exact) mass is 335 g/mol. The Morgan fingerprint density at radius 3 is 2.43 bits per heavy atom. The molecule has 2 aliphatic rings. The van der Waals surface area contributed by atoms with Crippen molar-refractivity contribution in [3.05, 3.63) is 18.2 Å². The molecule has 4 nitrogen and oxygen atoms in total. The van der Waals surface area contributed by atoms with Crippen LogP contribution in [0, 0.1) is 0 Å². The van der Waals surface area contributed by atoms with Crippen LogP contribution >= 0.6 is 11.8 Å². The number of benzene rings is 1. The van der Waals surface area contributed by atoms with Crippen LogP contribution in [0.2, 0.25) is 0 Å². The second-order valence-electron chi connectivity index (χ2n) is 6.10. The third-order valence-corrected chi connectivity index (χ3v) is 5.27. The highest BCUT2D eigenvalue weighted by Crippen LogP contribution is 2.34. The van der Waals surface area contributed by atoms with E-state index in [1.165, 1.54) is 19.3 Å². The zero-order valence-electron chi connectivity index (χ0n) is 13.6. The maximum atomic E-state index is 12.4. The van der Waals surface area contributed by atoms with Gasteiger partial charge in [0.25, 0.3) is 0 Å². The highest BCUT2D eigenvalue weighted by atomic mass is 32.2. The number of likely N-dealkylation sites (tertiary alicyclic amines) is 1. The van der Waals surface area contributed by atoms with Crippen LogP contribution in [0.4, 0.5) is 0 Å². The minimum Gasteiger partial charge on any atom is -0.490 e. The summed E-state index contributed by atoms with van der Waals surface area (Å²) < 4.78 is 11.3. The molecule has 1 fully saturated rings. The fourth-order valence-electron chi connectivity index (χ4n) is 2.97. The van der Waals surface area contributed by atoms with Crippen LogP contribution in [0.15, 0.2) is 23.1 Å². The molecule has 0 unspecified atom stereocenters. The first kappa shape index (κ1) is 16.5. The molecule has 0 saturated carbocycles. The van der Waals surface area contributed by atoms with E-state index >= 15 is 0 Å². The summed E-state index contributed by atoms with van der Waals surface area (Å²) in [5.41, 5.74) is 0. The number of thioether (sulfide) groups is 1. The Bertz CT molecular complexity index is 527. The predicted octanol–water partition coefficient (Wildman–Crippen LogP) is 3.73. The number of ether oxygens (including phenoxy) is 2. The van der Waals surface area contributed by atoms with Gasteiger partial charge in [-0.25, -0.2) is 0 Å². The van der Waals surface area contributed by atoms with Gasteiger partial charge in [-0.1, -0.05) is 19.3 Å². The first-order valence-corrected chi connectivity index (χ1v) is 9.62. The summed E-state index contributed by atoms with van der Waals surface area (Å²) in [7, 11) is 0. The van der Waals surface area contributed by atoms with Gasteiger partial charge in [-0.3, -0.25) is 4.79 Å². The van der Waals surface area contributed by atoms with Crippen LogP contribution < -0.4 is 9.47 Å². The van der Waals surface area contributed by atoms with E-state index in [2.05, 4.69) is 0 Å². The number of rotatable bonds is 3. The molecule has 2 heterocycles. The quantitative estimate of drug-likeness (QED) is 0.789. The van der Waals surface area contributed by atoms with E-state index in [4.69, 9.17) is 9.47 Å². The van der Waals surface area contributed by atoms with Crippen LogP contribution in [-0.2, 0) is 4.79 Å². The van der Waals surface area contributed by atoms with E-state index in [9.17, 15) is 4.79 Å². The molecule has 0 aromatic heterocycles. The van der Waals surface area contributed by atoms with Crippen molar-refractivity contribution in [2.24, 2.45) is 0 Å². The van der Waals surface area contributed by atoms with E-state index in [1.54, 1.807) is 11.8 Å². The second-order valence-corrected chi connectivity index (χ2v) is 7.15. The van der Waals surface area contributed by atoms with E-state index in [1.807, 2.05) is 23.1 Å². The maximum absolute atomic E-state index is 12.4. The Morgan fingerprint density at radius 1 is 0.957 bits per heavy atom. The zero-order valence-corrected chi connectivity index (χ0v) is 14.4. The number of hydrogen-bond donors (Lipinski definition) is 0. The number of fused-ring (bicyclic) bond motifs is 1. The molecule has 0 bridgehead atoms. The molecule has 1 saturated heterocycles. The van der Waals surface area contributed by atoms with Gasteiger partial charge in [0.1, 0.15) is 0 Å².